The molecule has 1 saturated carbocycles. The summed E-state index contributed by atoms with van der Waals surface area (Å²) in [6.07, 6.45) is 4.90. The molecule has 1 aliphatic rings. The van der Waals surface area contributed by atoms with Crippen LogP contribution in [0.1, 0.15) is 25.0 Å². The van der Waals surface area contributed by atoms with Gasteiger partial charge in [-0.05, 0) is 25.3 Å². The minimum atomic E-state index is 0.259. The second-order valence-corrected chi connectivity index (χ2v) is 3.80. The van der Waals surface area contributed by atoms with E-state index in [9.17, 15) is 0 Å². The van der Waals surface area contributed by atoms with Crippen LogP contribution in [0.4, 0.5) is 0 Å². The molecule has 4 heteroatoms. The molecule has 2 atom stereocenters. The molecule has 0 bridgehead atoms. The standard InChI is InChI=1S/C10H14N4/c11-6-8-1-2-9(5-8)12-7-10-3-4-13-14-10/h3-4,8-9,12H,1-2,5,7H2,(H,13,14). The van der Waals surface area contributed by atoms with Crippen molar-refractivity contribution in [2.45, 2.75) is 31.8 Å². The van der Waals surface area contributed by atoms with Crippen LogP contribution in [-0.4, -0.2) is 16.2 Å². The van der Waals surface area contributed by atoms with Gasteiger partial charge in [-0.3, -0.25) is 5.10 Å². The third kappa shape index (κ3) is 2.12. The molecule has 1 fully saturated rings. The molecular weight excluding hydrogens is 176 g/mol. The van der Waals surface area contributed by atoms with Crippen molar-refractivity contribution < 1.29 is 0 Å². The van der Waals surface area contributed by atoms with E-state index < -0.39 is 0 Å². The average Bonchev–Trinajstić information content (AvgIpc) is 2.86. The van der Waals surface area contributed by atoms with Crippen molar-refractivity contribution in [3.05, 3.63) is 18.0 Å². The second-order valence-electron chi connectivity index (χ2n) is 3.80. The maximum absolute atomic E-state index is 8.74. The normalized spacial score (nSPS) is 26.2. The number of aromatic nitrogens is 2. The Labute approximate surface area is 83.3 Å². The fraction of sp³-hybridized carbons (Fsp3) is 0.600. The first-order chi connectivity index (χ1) is 6.88. The monoisotopic (exact) mass is 190 g/mol. The summed E-state index contributed by atoms with van der Waals surface area (Å²) < 4.78 is 0. The quantitative estimate of drug-likeness (QED) is 0.752. The van der Waals surface area contributed by atoms with Gasteiger partial charge in [-0.2, -0.15) is 10.4 Å². The summed E-state index contributed by atoms with van der Waals surface area (Å²) in [5, 5.41) is 19.0. The zero-order valence-electron chi connectivity index (χ0n) is 8.03. The van der Waals surface area contributed by atoms with Gasteiger partial charge < -0.3 is 5.32 Å². The Morgan fingerprint density at radius 1 is 1.64 bits per heavy atom. The molecule has 1 aromatic rings. The molecule has 2 N–H and O–H groups in total. The van der Waals surface area contributed by atoms with Gasteiger partial charge in [-0.1, -0.05) is 0 Å². The van der Waals surface area contributed by atoms with E-state index in [1.165, 1.54) is 0 Å². The van der Waals surface area contributed by atoms with Crippen LogP contribution in [0.15, 0.2) is 12.3 Å². The Hall–Kier alpha value is -1.34. The molecule has 2 unspecified atom stereocenters. The predicted octanol–water partition coefficient (Wildman–Crippen LogP) is 1.19. The number of hydrogen-bond acceptors (Lipinski definition) is 3. The van der Waals surface area contributed by atoms with Crippen LogP contribution in [-0.2, 0) is 6.54 Å². The van der Waals surface area contributed by atoms with Gasteiger partial charge in [0.15, 0.2) is 0 Å². The lowest BCUT2D eigenvalue weighted by molar-refractivity contribution is 0.510. The van der Waals surface area contributed by atoms with Crippen molar-refractivity contribution in [2.24, 2.45) is 5.92 Å². The Morgan fingerprint density at radius 3 is 3.21 bits per heavy atom. The van der Waals surface area contributed by atoms with Gasteiger partial charge in [0.25, 0.3) is 0 Å². The van der Waals surface area contributed by atoms with Crippen molar-refractivity contribution in [2.75, 3.05) is 0 Å². The summed E-state index contributed by atoms with van der Waals surface area (Å²) in [7, 11) is 0. The van der Waals surface area contributed by atoms with E-state index in [4.69, 9.17) is 5.26 Å². The minimum absolute atomic E-state index is 0.259. The summed E-state index contributed by atoms with van der Waals surface area (Å²) in [6, 6.07) is 4.79. The van der Waals surface area contributed by atoms with Gasteiger partial charge >= 0.3 is 0 Å². The Balaban J connectivity index is 1.75. The molecule has 0 aliphatic heterocycles. The number of nitrogens with one attached hydrogen (secondary N) is 2. The molecule has 0 radical (unpaired) electrons. The minimum Gasteiger partial charge on any atom is -0.308 e. The summed E-state index contributed by atoms with van der Waals surface area (Å²) in [4.78, 5) is 0. The smallest absolute Gasteiger partial charge is 0.0656 e. The zero-order chi connectivity index (χ0) is 9.80. The molecule has 4 nitrogen and oxygen atoms in total. The molecule has 2 rings (SSSR count). The first-order valence-electron chi connectivity index (χ1n) is 4.99. The Bertz CT molecular complexity index is 311. The van der Waals surface area contributed by atoms with Crippen molar-refractivity contribution in [1.82, 2.24) is 15.5 Å². The molecule has 0 spiro atoms. The maximum atomic E-state index is 8.74. The molecule has 0 aromatic carbocycles. The summed E-state index contributed by atoms with van der Waals surface area (Å²) in [5.41, 5.74) is 1.10. The SMILES string of the molecule is N#CC1CCC(NCc2ccn[nH]2)C1. The first-order valence-corrected chi connectivity index (χ1v) is 4.99. The van der Waals surface area contributed by atoms with Crippen LogP contribution in [0.3, 0.4) is 0 Å². The van der Waals surface area contributed by atoms with Crippen molar-refractivity contribution in [3.8, 4) is 6.07 Å². The molecule has 1 aromatic heterocycles. The molecule has 0 saturated heterocycles. The van der Waals surface area contributed by atoms with Gasteiger partial charge in [0.05, 0.1) is 6.07 Å². The number of H-pyrrole nitrogens is 1. The summed E-state index contributed by atoms with van der Waals surface area (Å²) in [5.74, 6) is 0.259. The number of hydrogen-bond donors (Lipinski definition) is 2. The molecular formula is C10H14N4. The summed E-state index contributed by atoms with van der Waals surface area (Å²) in [6.45, 7) is 0.822. The lowest BCUT2D eigenvalue weighted by atomic mass is 10.1. The number of aromatic amines is 1. The van der Waals surface area contributed by atoms with Crippen LogP contribution >= 0.6 is 0 Å². The largest absolute Gasteiger partial charge is 0.308 e. The average molecular weight is 190 g/mol. The fourth-order valence-electron chi connectivity index (χ4n) is 1.92. The number of nitriles is 1. The Morgan fingerprint density at radius 2 is 2.57 bits per heavy atom. The third-order valence-corrected chi connectivity index (χ3v) is 2.75. The van der Waals surface area contributed by atoms with Gasteiger partial charge in [0.2, 0.25) is 0 Å². The van der Waals surface area contributed by atoms with Crippen LogP contribution < -0.4 is 5.32 Å². The van der Waals surface area contributed by atoms with E-state index in [-0.39, 0.29) is 5.92 Å². The zero-order valence-corrected chi connectivity index (χ0v) is 8.03. The predicted molar refractivity (Wildman–Crippen MR) is 52.2 cm³/mol. The van der Waals surface area contributed by atoms with Gasteiger partial charge in [-0.15, -0.1) is 0 Å². The van der Waals surface area contributed by atoms with E-state index >= 15 is 0 Å². The molecule has 0 amide bonds. The molecule has 74 valence electrons. The van der Waals surface area contributed by atoms with Crippen LogP contribution in [0, 0.1) is 17.2 Å². The topological polar surface area (TPSA) is 64.5 Å². The second kappa shape index (κ2) is 4.25. The highest BCUT2D eigenvalue weighted by atomic mass is 15.1. The lowest BCUT2D eigenvalue weighted by Crippen LogP contribution is -2.25. The first kappa shape index (κ1) is 9.22. The van der Waals surface area contributed by atoms with Crippen molar-refractivity contribution in [3.63, 3.8) is 0 Å². The van der Waals surface area contributed by atoms with Gasteiger partial charge in [0.1, 0.15) is 0 Å². The highest BCUT2D eigenvalue weighted by Gasteiger charge is 2.23. The van der Waals surface area contributed by atoms with Crippen molar-refractivity contribution >= 4 is 0 Å². The molecule has 1 aliphatic carbocycles. The lowest BCUT2D eigenvalue weighted by Gasteiger charge is -2.10. The van der Waals surface area contributed by atoms with Crippen LogP contribution in [0.2, 0.25) is 0 Å². The maximum Gasteiger partial charge on any atom is 0.0656 e. The number of nitrogens with zero attached hydrogens (tertiary/aromatic N) is 2. The van der Waals surface area contributed by atoms with E-state index in [2.05, 4.69) is 21.6 Å². The van der Waals surface area contributed by atoms with E-state index in [1.54, 1.807) is 6.20 Å². The molecule has 14 heavy (non-hydrogen) atoms. The number of rotatable bonds is 3. The van der Waals surface area contributed by atoms with E-state index in [1.807, 2.05) is 6.07 Å². The fourth-order valence-corrected chi connectivity index (χ4v) is 1.92. The van der Waals surface area contributed by atoms with Crippen molar-refractivity contribution in [1.29, 1.82) is 5.26 Å². The van der Waals surface area contributed by atoms with E-state index in [0.29, 0.717) is 6.04 Å². The highest BCUT2D eigenvalue weighted by molar-refractivity contribution is 4.98. The van der Waals surface area contributed by atoms with Crippen LogP contribution in [0.25, 0.3) is 0 Å². The third-order valence-electron chi connectivity index (χ3n) is 2.75. The molecule has 1 heterocycles. The van der Waals surface area contributed by atoms with Gasteiger partial charge in [-0.25, -0.2) is 0 Å². The van der Waals surface area contributed by atoms with Crippen LogP contribution in [0.5, 0.6) is 0 Å². The van der Waals surface area contributed by atoms with Gasteiger partial charge in [0, 0.05) is 30.4 Å². The highest BCUT2D eigenvalue weighted by Crippen LogP contribution is 2.24. The Kier molecular flexibility index (Phi) is 2.80. The van der Waals surface area contributed by atoms with E-state index in [0.717, 1.165) is 31.5 Å². The summed E-state index contributed by atoms with van der Waals surface area (Å²) >= 11 is 0.